The van der Waals surface area contributed by atoms with E-state index >= 15 is 0 Å². The molecule has 0 amide bonds. The lowest BCUT2D eigenvalue weighted by Gasteiger charge is -2.06. The Morgan fingerprint density at radius 1 is 1.47 bits per heavy atom. The third kappa shape index (κ3) is 2.85. The number of unbranched alkanes of at least 4 members (excludes halogenated alkanes) is 2. The molecule has 2 heteroatoms. The van der Waals surface area contributed by atoms with Gasteiger partial charge in [-0.1, -0.05) is 19.8 Å². The first-order valence-corrected chi connectivity index (χ1v) is 6.15. The van der Waals surface area contributed by atoms with Crippen molar-refractivity contribution in [3.05, 3.63) is 24.0 Å². The highest BCUT2D eigenvalue weighted by atomic mass is 16.3. The van der Waals surface area contributed by atoms with Crippen molar-refractivity contribution in [1.29, 1.82) is 0 Å². The van der Waals surface area contributed by atoms with Crippen LogP contribution < -0.4 is 0 Å². The lowest BCUT2D eigenvalue weighted by atomic mass is 10.1. The van der Waals surface area contributed by atoms with E-state index in [1.165, 1.54) is 32.1 Å². The molecule has 2 nitrogen and oxygen atoms in total. The number of aliphatic hydroxyl groups excluding tert-OH is 1. The normalized spacial score (nSPS) is 18.0. The molecule has 1 aliphatic carbocycles. The van der Waals surface area contributed by atoms with Crippen LogP contribution in [-0.4, -0.2) is 9.67 Å². The maximum Gasteiger partial charge on any atom is 0.0832 e. The lowest BCUT2D eigenvalue weighted by molar-refractivity contribution is 0.154. The minimum Gasteiger partial charge on any atom is -0.388 e. The van der Waals surface area contributed by atoms with Crippen molar-refractivity contribution in [1.82, 2.24) is 4.57 Å². The van der Waals surface area contributed by atoms with E-state index in [9.17, 15) is 5.11 Å². The van der Waals surface area contributed by atoms with Crippen LogP contribution in [0.2, 0.25) is 0 Å². The molecule has 0 spiro atoms. The van der Waals surface area contributed by atoms with E-state index in [2.05, 4.69) is 30.0 Å². The number of aryl methyl sites for hydroxylation is 1. The Morgan fingerprint density at radius 3 is 2.93 bits per heavy atom. The maximum atomic E-state index is 9.93. The fraction of sp³-hybridized carbons (Fsp3) is 0.692. The maximum absolute atomic E-state index is 9.93. The van der Waals surface area contributed by atoms with Crippen molar-refractivity contribution in [2.45, 2.75) is 51.7 Å². The molecule has 0 radical (unpaired) electrons. The number of hydrogen-bond donors (Lipinski definition) is 1. The topological polar surface area (TPSA) is 25.2 Å². The average Bonchev–Trinajstić information content (AvgIpc) is 2.98. The van der Waals surface area contributed by atoms with E-state index in [1.807, 2.05) is 0 Å². The van der Waals surface area contributed by atoms with Crippen LogP contribution in [0.3, 0.4) is 0 Å². The van der Waals surface area contributed by atoms with Crippen LogP contribution in [0.5, 0.6) is 0 Å². The molecule has 0 saturated heterocycles. The average molecular weight is 207 g/mol. The van der Waals surface area contributed by atoms with E-state index in [1.54, 1.807) is 0 Å². The predicted octanol–water partition coefficient (Wildman–Crippen LogP) is 3.12. The lowest BCUT2D eigenvalue weighted by Crippen LogP contribution is -1.98. The number of rotatable bonds is 6. The van der Waals surface area contributed by atoms with Gasteiger partial charge in [-0.25, -0.2) is 0 Å². The Labute approximate surface area is 91.9 Å². The number of aliphatic hydroxyl groups is 1. The Hall–Kier alpha value is -0.760. The molecule has 84 valence electrons. The van der Waals surface area contributed by atoms with Gasteiger partial charge in [0.15, 0.2) is 0 Å². The van der Waals surface area contributed by atoms with Crippen molar-refractivity contribution in [3.8, 4) is 0 Å². The highest BCUT2D eigenvalue weighted by Crippen LogP contribution is 2.40. The van der Waals surface area contributed by atoms with Crippen molar-refractivity contribution < 1.29 is 5.11 Å². The molecule has 0 bridgehead atoms. The second kappa shape index (κ2) is 4.84. The molecule has 15 heavy (non-hydrogen) atoms. The third-order valence-electron chi connectivity index (χ3n) is 3.20. The molecule has 1 aromatic rings. The van der Waals surface area contributed by atoms with Gasteiger partial charge in [-0.15, -0.1) is 0 Å². The zero-order valence-corrected chi connectivity index (χ0v) is 9.52. The van der Waals surface area contributed by atoms with Gasteiger partial charge in [0.2, 0.25) is 0 Å². The summed E-state index contributed by atoms with van der Waals surface area (Å²) in [5.41, 5.74) is 1.11. The highest BCUT2D eigenvalue weighted by Gasteiger charge is 2.30. The summed E-state index contributed by atoms with van der Waals surface area (Å²) in [5, 5.41) is 9.93. The summed E-state index contributed by atoms with van der Waals surface area (Å²) in [7, 11) is 0. The van der Waals surface area contributed by atoms with Crippen LogP contribution in [0.1, 0.15) is 50.7 Å². The van der Waals surface area contributed by atoms with Gasteiger partial charge < -0.3 is 9.67 Å². The fourth-order valence-electron chi connectivity index (χ4n) is 2.00. The van der Waals surface area contributed by atoms with E-state index in [0.29, 0.717) is 5.92 Å². The second-order valence-electron chi connectivity index (χ2n) is 4.67. The first-order valence-electron chi connectivity index (χ1n) is 6.15. The van der Waals surface area contributed by atoms with Gasteiger partial charge in [-0.2, -0.15) is 0 Å². The first kappa shape index (κ1) is 10.7. The van der Waals surface area contributed by atoms with Crippen molar-refractivity contribution >= 4 is 0 Å². The largest absolute Gasteiger partial charge is 0.388 e. The standard InChI is InChI=1S/C13H21NO/c1-2-3-4-8-14-9-7-12(10-14)13(15)11-5-6-11/h7,9-11,13,15H,2-6,8H2,1H3. The van der Waals surface area contributed by atoms with Crippen LogP contribution in [0.4, 0.5) is 0 Å². The van der Waals surface area contributed by atoms with Crippen LogP contribution >= 0.6 is 0 Å². The Balaban J connectivity index is 1.85. The van der Waals surface area contributed by atoms with Crippen molar-refractivity contribution in [3.63, 3.8) is 0 Å². The van der Waals surface area contributed by atoms with Crippen molar-refractivity contribution in [2.75, 3.05) is 0 Å². The summed E-state index contributed by atoms with van der Waals surface area (Å²) in [6.07, 6.45) is 10.2. The van der Waals surface area contributed by atoms with Gasteiger partial charge in [0.05, 0.1) is 6.10 Å². The van der Waals surface area contributed by atoms with Gasteiger partial charge >= 0.3 is 0 Å². The zero-order valence-electron chi connectivity index (χ0n) is 9.52. The Kier molecular flexibility index (Phi) is 3.47. The second-order valence-corrected chi connectivity index (χ2v) is 4.67. The Morgan fingerprint density at radius 2 is 2.27 bits per heavy atom. The molecule has 1 unspecified atom stereocenters. The number of hydrogen-bond acceptors (Lipinski definition) is 1. The summed E-state index contributed by atoms with van der Waals surface area (Å²) in [4.78, 5) is 0. The molecular weight excluding hydrogens is 186 g/mol. The zero-order chi connectivity index (χ0) is 10.7. The van der Waals surface area contributed by atoms with Crippen LogP contribution in [0.25, 0.3) is 0 Å². The SMILES string of the molecule is CCCCCn1ccc(C(O)C2CC2)c1. The van der Waals surface area contributed by atoms with Crippen LogP contribution in [0, 0.1) is 5.92 Å². The molecule has 1 saturated carbocycles. The molecule has 0 aromatic carbocycles. The van der Waals surface area contributed by atoms with Gasteiger partial charge in [0.1, 0.15) is 0 Å². The highest BCUT2D eigenvalue weighted by molar-refractivity contribution is 5.15. The first-order chi connectivity index (χ1) is 7.31. The Bertz CT molecular complexity index is 301. The minimum absolute atomic E-state index is 0.211. The van der Waals surface area contributed by atoms with E-state index in [-0.39, 0.29) is 6.10 Å². The molecule has 1 N–H and O–H groups in total. The van der Waals surface area contributed by atoms with Gasteiger partial charge in [-0.05, 0) is 36.8 Å². The molecule has 0 aliphatic heterocycles. The minimum atomic E-state index is -0.211. The summed E-state index contributed by atoms with van der Waals surface area (Å²) in [6.45, 7) is 3.31. The fourth-order valence-corrected chi connectivity index (χ4v) is 2.00. The third-order valence-corrected chi connectivity index (χ3v) is 3.20. The summed E-state index contributed by atoms with van der Waals surface area (Å²) >= 11 is 0. The molecule has 1 aromatic heterocycles. The summed E-state index contributed by atoms with van der Waals surface area (Å²) in [5.74, 6) is 0.538. The van der Waals surface area contributed by atoms with E-state index in [4.69, 9.17) is 0 Å². The van der Waals surface area contributed by atoms with Gasteiger partial charge in [-0.3, -0.25) is 0 Å². The van der Waals surface area contributed by atoms with Crippen LogP contribution in [0.15, 0.2) is 18.5 Å². The van der Waals surface area contributed by atoms with Gasteiger partial charge in [0.25, 0.3) is 0 Å². The van der Waals surface area contributed by atoms with Crippen molar-refractivity contribution in [2.24, 2.45) is 5.92 Å². The molecule has 1 heterocycles. The molecular formula is C13H21NO. The summed E-state index contributed by atoms with van der Waals surface area (Å²) in [6, 6.07) is 2.06. The quantitative estimate of drug-likeness (QED) is 0.712. The smallest absolute Gasteiger partial charge is 0.0832 e. The molecule has 1 aliphatic rings. The van der Waals surface area contributed by atoms with Gasteiger partial charge in [0, 0.05) is 18.9 Å². The number of nitrogens with zero attached hydrogens (tertiary/aromatic N) is 1. The van der Waals surface area contributed by atoms with Crippen LogP contribution in [-0.2, 0) is 6.54 Å². The summed E-state index contributed by atoms with van der Waals surface area (Å²) < 4.78 is 2.20. The molecule has 2 rings (SSSR count). The monoisotopic (exact) mass is 207 g/mol. The van der Waals surface area contributed by atoms with E-state index in [0.717, 1.165) is 12.1 Å². The molecule has 1 fully saturated rings. The number of aromatic nitrogens is 1. The van der Waals surface area contributed by atoms with E-state index < -0.39 is 0 Å². The molecule has 1 atom stereocenters. The predicted molar refractivity (Wildman–Crippen MR) is 61.6 cm³/mol.